The number of anilines is 2. The molecule has 98 heavy (non-hydrogen) atoms. The molecule has 8 aromatic rings. The molecule has 0 bridgehead atoms. The fraction of sp³-hybridized carbons (Fsp3) is 0.258. The van der Waals surface area contributed by atoms with E-state index in [1.54, 1.807) is 56.7 Å². The van der Waals surface area contributed by atoms with Crippen LogP contribution in [0.2, 0.25) is 10.0 Å². The number of ketones is 1. The summed E-state index contributed by atoms with van der Waals surface area (Å²) in [5, 5.41) is 23.3. The number of hydrogen-bond acceptors (Lipinski definition) is 22. The van der Waals surface area contributed by atoms with Gasteiger partial charge in [0.2, 0.25) is 0 Å². The number of aromatic nitrogens is 5. The second kappa shape index (κ2) is 28.3. The standard InChI is InChI=1S/C34H28ClF2N7O5S.C32H28ClFN8O4S2/c1-49-33(47)28-26(40-30(31-38-8-11-50-31)41-29(28)22-6-4-20(36)13-24(22)35)17-42-9-10-43-21(15-42)16-44(34(43)48)27-7-3-19(14-39-27)18-2-5-23(32(45)46)25(37)12-18;1-17(43)18-3-6-23(36-12-18)25-16-48-31(38-25)42-14-20-13-40(8-9-41(20)32(42)45)15-24-26(30(44)46-2)27(21-5-4-19(34)11-22(21)33)39-28(37-24)29-35-7-10-47-29/h2-8,11-14,21,29H,9-10,15-17H2,1H3,(H,40,41)(H,45,46);3-7,10-12,16,20,27H,8-9,13-15H2,1-2H3,(H,37,39)/t21-,29-;20-,27-/m00/s1. The van der Waals surface area contributed by atoms with Gasteiger partial charge in [0.05, 0.1) is 61.8 Å². The maximum Gasteiger partial charge on any atom is 0.338 e. The van der Waals surface area contributed by atoms with Crippen molar-refractivity contribution in [1.82, 2.24) is 55.2 Å². The van der Waals surface area contributed by atoms with E-state index in [9.17, 15) is 41.9 Å². The molecule has 0 unspecified atom stereocenters. The number of thiazole rings is 3. The Balaban J connectivity index is 0.000000177. The number of rotatable bonds is 16. The fourth-order valence-electron chi connectivity index (χ4n) is 12.4. The van der Waals surface area contributed by atoms with Crippen molar-refractivity contribution in [1.29, 1.82) is 0 Å². The number of esters is 2. The Bertz CT molecular complexity index is 4600. The van der Waals surface area contributed by atoms with Gasteiger partial charge in [-0.1, -0.05) is 41.4 Å². The molecule has 4 saturated heterocycles. The number of benzene rings is 3. The highest BCUT2D eigenvalue weighted by Gasteiger charge is 2.45. The van der Waals surface area contributed by atoms with Crippen LogP contribution in [-0.4, -0.2) is 189 Å². The first-order valence-electron chi connectivity index (χ1n) is 30.4. The van der Waals surface area contributed by atoms with Gasteiger partial charge in [-0.05, 0) is 73.2 Å². The van der Waals surface area contributed by atoms with Crippen molar-refractivity contribution in [2.75, 3.05) is 89.5 Å². The number of piperazine rings is 2. The number of pyridine rings is 2. The molecule has 3 aromatic carbocycles. The van der Waals surface area contributed by atoms with Crippen LogP contribution in [-0.2, 0) is 19.1 Å². The molecule has 32 heteroatoms. The second-order valence-electron chi connectivity index (χ2n) is 23.1. The van der Waals surface area contributed by atoms with Gasteiger partial charge in [0.1, 0.15) is 41.0 Å². The zero-order chi connectivity index (χ0) is 68.6. The molecule has 6 aliphatic rings. The molecule has 4 atom stereocenters. The smallest absolute Gasteiger partial charge is 0.338 e. The van der Waals surface area contributed by atoms with Gasteiger partial charge in [-0.15, -0.1) is 34.0 Å². The van der Waals surface area contributed by atoms with Crippen LogP contribution in [0.5, 0.6) is 0 Å². The zero-order valence-corrected chi connectivity index (χ0v) is 56.0. The Morgan fingerprint density at radius 3 is 1.64 bits per heavy atom. The number of hydrogen-bond donors (Lipinski definition) is 3. The molecule has 3 N–H and O–H groups in total. The van der Waals surface area contributed by atoms with E-state index in [-0.39, 0.29) is 57.7 Å². The average Bonchev–Trinajstić information content (AvgIpc) is 0.849. The number of halogens is 5. The number of amides is 4. The highest BCUT2D eigenvalue weighted by molar-refractivity contribution is 7.14. The van der Waals surface area contributed by atoms with E-state index in [2.05, 4.69) is 40.4 Å². The van der Waals surface area contributed by atoms with Gasteiger partial charge >= 0.3 is 30.0 Å². The summed E-state index contributed by atoms with van der Waals surface area (Å²) >= 11 is 17.1. The van der Waals surface area contributed by atoms with Crippen LogP contribution in [0.15, 0.2) is 152 Å². The van der Waals surface area contributed by atoms with Gasteiger partial charge in [-0.2, -0.15) is 0 Å². The van der Waals surface area contributed by atoms with Crippen molar-refractivity contribution < 1.29 is 56.5 Å². The predicted molar refractivity (Wildman–Crippen MR) is 361 cm³/mol. The maximum absolute atomic E-state index is 14.3. The summed E-state index contributed by atoms with van der Waals surface area (Å²) in [6, 6.07) is 16.3. The van der Waals surface area contributed by atoms with E-state index in [1.807, 2.05) is 15.7 Å². The molecule has 0 spiro atoms. The SMILES string of the molecule is COC(=O)C1=C(CN2CCN3C(=O)N(c4ccc(-c5ccc(C(=O)O)c(F)c5)cn4)C[C@@H]3C2)NC(c2nccs2)=N[C@H]1c1ccc(F)cc1Cl.COC(=O)C1=C(CN2CCN3C(=O)N(c4nc(-c5ccc(C(C)=O)cn5)cs4)C[C@@H]3C2)NC(c2nccs2)=N[C@H]1c1ccc(F)cc1Cl. The van der Waals surface area contributed by atoms with E-state index < -0.39 is 53.0 Å². The van der Waals surface area contributed by atoms with Gasteiger partial charge in [0, 0.05) is 137 Å². The third-order valence-corrected chi connectivity index (χ3v) is 20.3. The molecular weight excluding hydrogens is 1370 g/mol. The normalized spacial score (nSPS) is 19.5. The van der Waals surface area contributed by atoms with Gasteiger partial charge in [0.15, 0.2) is 32.6 Å². The molecule has 0 aliphatic carbocycles. The third kappa shape index (κ3) is 13.6. The average molecular weight is 1430 g/mol. The van der Waals surface area contributed by atoms with E-state index in [0.717, 1.165) is 6.07 Å². The Morgan fingerprint density at radius 1 is 0.622 bits per heavy atom. The summed E-state index contributed by atoms with van der Waals surface area (Å²) in [4.78, 5) is 120. The van der Waals surface area contributed by atoms with Crippen LogP contribution in [0, 0.1) is 17.5 Å². The highest BCUT2D eigenvalue weighted by atomic mass is 35.5. The number of nitrogens with zero attached hydrogens (tertiary/aromatic N) is 13. The molecular formula is C66H56Cl2F3N15O9S3. The summed E-state index contributed by atoms with van der Waals surface area (Å²) in [7, 11) is 2.58. The first-order valence-corrected chi connectivity index (χ1v) is 33.8. The number of carbonyl (C=O) groups excluding carboxylic acids is 5. The van der Waals surface area contributed by atoms with Crippen molar-refractivity contribution >= 4 is 116 Å². The van der Waals surface area contributed by atoms with E-state index in [1.165, 1.54) is 116 Å². The highest BCUT2D eigenvalue weighted by Crippen LogP contribution is 2.40. The predicted octanol–water partition coefficient (Wildman–Crippen LogP) is 9.78. The second-order valence-corrected chi connectivity index (χ2v) is 26.6. The van der Waals surface area contributed by atoms with Crippen LogP contribution in [0.3, 0.4) is 0 Å². The van der Waals surface area contributed by atoms with Crippen molar-refractivity contribution in [3.05, 3.63) is 202 Å². The number of methoxy groups -OCH3 is 2. The number of ether oxygens (including phenoxy) is 2. The van der Waals surface area contributed by atoms with Crippen LogP contribution in [0.1, 0.15) is 60.9 Å². The number of carboxylic acid groups (broad SMARTS) is 1. The lowest BCUT2D eigenvalue weighted by Gasteiger charge is -2.38. The lowest BCUT2D eigenvalue weighted by Crippen LogP contribution is -2.53. The molecule has 4 fully saturated rings. The van der Waals surface area contributed by atoms with Crippen molar-refractivity contribution in [2.24, 2.45) is 9.98 Å². The third-order valence-electron chi connectivity index (χ3n) is 17.2. The summed E-state index contributed by atoms with van der Waals surface area (Å²) in [6.07, 6.45) is 6.35. The molecule has 5 aromatic heterocycles. The fourth-order valence-corrected chi connectivity index (χ4v) is 14.9. The monoisotopic (exact) mass is 1430 g/mol. The number of fused-ring (bicyclic) bond motifs is 2. The summed E-state index contributed by atoms with van der Waals surface area (Å²) in [5.74, 6) is -3.17. The Kier molecular flexibility index (Phi) is 19.3. The topological polar surface area (TPSA) is 274 Å². The first kappa shape index (κ1) is 66.8. The number of nitrogens with one attached hydrogen (secondary N) is 2. The molecule has 11 heterocycles. The van der Waals surface area contributed by atoms with E-state index in [4.69, 9.17) is 52.8 Å². The van der Waals surface area contributed by atoms with Crippen LogP contribution < -0.4 is 20.4 Å². The minimum absolute atomic E-state index is 0.0661. The van der Waals surface area contributed by atoms with Crippen LogP contribution >= 0.6 is 57.2 Å². The number of urea groups is 2. The van der Waals surface area contributed by atoms with Crippen molar-refractivity contribution in [3.63, 3.8) is 0 Å². The van der Waals surface area contributed by atoms with Crippen molar-refractivity contribution in [3.8, 4) is 22.5 Å². The Labute approximate surface area is 579 Å². The van der Waals surface area contributed by atoms with Crippen LogP contribution in [0.25, 0.3) is 22.5 Å². The molecule has 502 valence electrons. The van der Waals surface area contributed by atoms with Crippen LogP contribution in [0.4, 0.5) is 33.7 Å². The maximum atomic E-state index is 14.3. The molecule has 6 aliphatic heterocycles. The first-order chi connectivity index (χ1) is 47.3. The van der Waals surface area contributed by atoms with Gasteiger partial charge < -0.3 is 35.0 Å². The minimum Gasteiger partial charge on any atom is -0.478 e. The lowest BCUT2D eigenvalue weighted by atomic mass is 9.95. The van der Waals surface area contributed by atoms with E-state index >= 15 is 0 Å². The number of carbonyl (C=O) groups is 6. The molecule has 4 amide bonds. The summed E-state index contributed by atoms with van der Waals surface area (Å²) in [6.45, 7) is 5.89. The summed E-state index contributed by atoms with van der Waals surface area (Å²) in [5.41, 5.74) is 4.85. The quantitative estimate of drug-likeness (QED) is 0.0599. The zero-order valence-electron chi connectivity index (χ0n) is 52.1. The Hall–Kier alpha value is -9.82. The number of Topliss-reactive ketones (excluding diaryl/α,β-unsaturated/α-hetero) is 1. The lowest BCUT2D eigenvalue weighted by molar-refractivity contribution is -0.137. The number of aromatic carboxylic acids is 1. The van der Waals surface area contributed by atoms with E-state index in [0.29, 0.717) is 142 Å². The van der Waals surface area contributed by atoms with Gasteiger partial charge in [-0.3, -0.25) is 39.4 Å². The number of carboxylic acids is 1. The molecule has 14 rings (SSSR count). The number of amidine groups is 2. The summed E-state index contributed by atoms with van der Waals surface area (Å²) < 4.78 is 52.7. The number of aliphatic imine (C=N–C) groups is 2. The molecule has 0 saturated carbocycles. The molecule has 24 nitrogen and oxygen atoms in total. The van der Waals surface area contributed by atoms with Crippen molar-refractivity contribution in [2.45, 2.75) is 31.1 Å². The molecule has 0 radical (unpaired) electrons. The van der Waals surface area contributed by atoms with Gasteiger partial charge in [0.25, 0.3) is 0 Å². The Morgan fingerprint density at radius 2 is 1.17 bits per heavy atom. The minimum atomic E-state index is -1.35. The van der Waals surface area contributed by atoms with Gasteiger partial charge in [-0.25, -0.2) is 57.1 Å². The largest absolute Gasteiger partial charge is 0.478 e.